The number of anilines is 1. The molecule has 1 N–H and O–H groups in total. The van der Waals surface area contributed by atoms with Crippen molar-refractivity contribution < 1.29 is 18.0 Å². The normalized spacial score (nSPS) is 13.6. The van der Waals surface area contributed by atoms with Gasteiger partial charge in [0.05, 0.1) is 5.25 Å². The Labute approximate surface area is 98.4 Å². The highest BCUT2D eigenvalue weighted by atomic mass is 32.2. The fourth-order valence-electron chi connectivity index (χ4n) is 0.775. The van der Waals surface area contributed by atoms with Crippen LogP contribution >= 0.6 is 23.1 Å². The number of thioether (sulfide) groups is 1. The molecule has 0 aliphatic carbocycles. The van der Waals surface area contributed by atoms with Crippen LogP contribution in [-0.2, 0) is 11.0 Å². The number of halogens is 3. The standard InChI is InChI=1S/C8H9F3N2OS2/c1-4(15-2)6(14)13-7-12-5(3-16-7)8(9,10)11/h3-4H,1-2H3,(H,12,13,14). The second kappa shape index (κ2) is 5.05. The molecule has 0 aliphatic heterocycles. The van der Waals surface area contributed by atoms with E-state index in [1.165, 1.54) is 11.8 Å². The number of nitrogens with one attached hydrogen (secondary N) is 1. The molecule has 1 atom stereocenters. The van der Waals surface area contributed by atoms with Crippen molar-refractivity contribution in [2.75, 3.05) is 11.6 Å². The van der Waals surface area contributed by atoms with Crippen molar-refractivity contribution in [1.82, 2.24) is 4.98 Å². The minimum Gasteiger partial charge on any atom is -0.301 e. The van der Waals surface area contributed by atoms with Gasteiger partial charge in [0.1, 0.15) is 0 Å². The first kappa shape index (κ1) is 13.3. The van der Waals surface area contributed by atoms with Gasteiger partial charge in [-0.25, -0.2) is 4.98 Å². The van der Waals surface area contributed by atoms with Crippen LogP contribution in [-0.4, -0.2) is 22.4 Å². The van der Waals surface area contributed by atoms with Crippen LogP contribution in [0.4, 0.5) is 18.3 Å². The molecule has 0 saturated carbocycles. The van der Waals surface area contributed by atoms with Crippen molar-refractivity contribution in [2.45, 2.75) is 18.3 Å². The first-order valence-corrected chi connectivity index (χ1v) is 6.37. The molecule has 0 fully saturated rings. The highest BCUT2D eigenvalue weighted by molar-refractivity contribution is 7.99. The maximum Gasteiger partial charge on any atom is 0.434 e. The van der Waals surface area contributed by atoms with Crippen LogP contribution in [0.2, 0.25) is 0 Å². The van der Waals surface area contributed by atoms with Gasteiger partial charge in [0.2, 0.25) is 5.91 Å². The lowest BCUT2D eigenvalue weighted by molar-refractivity contribution is -0.140. The third kappa shape index (κ3) is 3.38. The van der Waals surface area contributed by atoms with Gasteiger partial charge in [0, 0.05) is 5.38 Å². The lowest BCUT2D eigenvalue weighted by Gasteiger charge is -2.06. The smallest absolute Gasteiger partial charge is 0.301 e. The van der Waals surface area contributed by atoms with Gasteiger partial charge >= 0.3 is 6.18 Å². The Balaban J connectivity index is 2.70. The summed E-state index contributed by atoms with van der Waals surface area (Å²) < 4.78 is 36.6. The quantitative estimate of drug-likeness (QED) is 0.918. The van der Waals surface area contributed by atoms with E-state index in [2.05, 4.69) is 10.3 Å². The Morgan fingerprint density at radius 2 is 2.25 bits per heavy atom. The van der Waals surface area contributed by atoms with Crippen molar-refractivity contribution in [1.29, 1.82) is 0 Å². The van der Waals surface area contributed by atoms with E-state index in [1.54, 1.807) is 13.2 Å². The molecule has 1 amide bonds. The zero-order valence-corrected chi connectivity index (χ0v) is 10.1. The van der Waals surface area contributed by atoms with Crippen LogP contribution in [0.15, 0.2) is 5.38 Å². The predicted octanol–water partition coefficient (Wildman–Crippen LogP) is 2.85. The molecule has 0 spiro atoms. The SMILES string of the molecule is CSC(C)C(=O)Nc1nc(C(F)(F)F)cs1. The number of hydrogen-bond donors (Lipinski definition) is 1. The third-order valence-electron chi connectivity index (χ3n) is 1.75. The summed E-state index contributed by atoms with van der Waals surface area (Å²) >= 11 is 2.07. The summed E-state index contributed by atoms with van der Waals surface area (Å²) in [5.74, 6) is -0.351. The molecule has 1 heterocycles. The number of carbonyl (C=O) groups is 1. The summed E-state index contributed by atoms with van der Waals surface area (Å²) in [5.41, 5.74) is -0.982. The number of rotatable bonds is 3. The Morgan fingerprint density at radius 3 is 2.69 bits per heavy atom. The van der Waals surface area contributed by atoms with Crippen LogP contribution < -0.4 is 5.32 Å². The lowest BCUT2D eigenvalue weighted by Crippen LogP contribution is -2.22. The average Bonchev–Trinajstić information content (AvgIpc) is 2.64. The van der Waals surface area contributed by atoms with Crippen LogP contribution in [0.1, 0.15) is 12.6 Å². The zero-order valence-electron chi connectivity index (χ0n) is 8.46. The van der Waals surface area contributed by atoms with Crippen LogP contribution in [0.3, 0.4) is 0 Å². The molecule has 0 aromatic carbocycles. The van der Waals surface area contributed by atoms with E-state index in [-0.39, 0.29) is 16.3 Å². The van der Waals surface area contributed by atoms with Crippen LogP contribution in [0.5, 0.6) is 0 Å². The largest absolute Gasteiger partial charge is 0.434 e. The monoisotopic (exact) mass is 270 g/mol. The van der Waals surface area contributed by atoms with Gasteiger partial charge in [-0.2, -0.15) is 24.9 Å². The van der Waals surface area contributed by atoms with E-state index >= 15 is 0 Å². The molecular formula is C8H9F3N2OS2. The minimum absolute atomic E-state index is 0.0294. The van der Waals surface area contributed by atoms with Crippen LogP contribution in [0.25, 0.3) is 0 Å². The highest BCUT2D eigenvalue weighted by Gasteiger charge is 2.34. The zero-order chi connectivity index (χ0) is 12.3. The van der Waals surface area contributed by atoms with E-state index in [4.69, 9.17) is 0 Å². The van der Waals surface area contributed by atoms with E-state index in [0.29, 0.717) is 0 Å². The Hall–Kier alpha value is -0.760. The number of thiazole rings is 1. The van der Waals surface area contributed by atoms with Crippen molar-refractivity contribution in [2.24, 2.45) is 0 Å². The average molecular weight is 270 g/mol. The molecule has 0 radical (unpaired) electrons. The maximum atomic E-state index is 12.2. The molecule has 8 heteroatoms. The number of hydrogen-bond acceptors (Lipinski definition) is 4. The fraction of sp³-hybridized carbons (Fsp3) is 0.500. The summed E-state index contributed by atoms with van der Waals surface area (Å²) in [6, 6.07) is 0. The van der Waals surface area contributed by atoms with Gasteiger partial charge in [-0.15, -0.1) is 11.3 Å². The number of alkyl halides is 3. The summed E-state index contributed by atoms with van der Waals surface area (Å²) in [5, 5.41) is 2.86. The predicted molar refractivity (Wildman–Crippen MR) is 58.7 cm³/mol. The second-order valence-electron chi connectivity index (χ2n) is 2.90. The fourth-order valence-corrected chi connectivity index (χ4v) is 1.77. The van der Waals surface area contributed by atoms with Gasteiger partial charge < -0.3 is 5.32 Å². The molecule has 0 bridgehead atoms. The van der Waals surface area contributed by atoms with Gasteiger partial charge in [-0.3, -0.25) is 4.79 Å². The summed E-state index contributed by atoms with van der Waals surface area (Å²) in [7, 11) is 0. The van der Waals surface area contributed by atoms with Crippen molar-refractivity contribution >= 4 is 34.1 Å². The van der Waals surface area contributed by atoms with Crippen LogP contribution in [0, 0.1) is 0 Å². The van der Waals surface area contributed by atoms with Gasteiger partial charge in [0.25, 0.3) is 0 Å². The van der Waals surface area contributed by atoms with Crippen molar-refractivity contribution in [3.8, 4) is 0 Å². The molecule has 16 heavy (non-hydrogen) atoms. The number of amides is 1. The molecule has 0 saturated heterocycles. The second-order valence-corrected chi connectivity index (χ2v) is 4.94. The van der Waals surface area contributed by atoms with E-state index < -0.39 is 11.9 Å². The minimum atomic E-state index is -4.47. The van der Waals surface area contributed by atoms with Crippen molar-refractivity contribution in [3.05, 3.63) is 11.1 Å². The Kier molecular flexibility index (Phi) is 4.20. The van der Waals surface area contributed by atoms with Gasteiger partial charge in [0.15, 0.2) is 10.8 Å². The van der Waals surface area contributed by atoms with E-state index in [9.17, 15) is 18.0 Å². The topological polar surface area (TPSA) is 42.0 Å². The van der Waals surface area contributed by atoms with Gasteiger partial charge in [-0.1, -0.05) is 0 Å². The first-order chi connectivity index (χ1) is 7.34. The maximum absolute atomic E-state index is 12.2. The Bertz CT molecular complexity index is 378. The van der Waals surface area contributed by atoms with Crippen molar-refractivity contribution in [3.63, 3.8) is 0 Å². The van der Waals surface area contributed by atoms with Gasteiger partial charge in [-0.05, 0) is 13.2 Å². The van der Waals surface area contributed by atoms with E-state index in [0.717, 1.165) is 16.7 Å². The molecule has 1 rings (SSSR count). The van der Waals surface area contributed by atoms with E-state index in [1.807, 2.05) is 0 Å². The summed E-state index contributed by atoms with van der Waals surface area (Å²) in [4.78, 5) is 14.6. The third-order valence-corrected chi connectivity index (χ3v) is 3.43. The first-order valence-electron chi connectivity index (χ1n) is 4.21. The molecule has 1 aromatic heterocycles. The summed E-state index contributed by atoms with van der Waals surface area (Å²) in [6.45, 7) is 1.66. The molecule has 1 aromatic rings. The number of aromatic nitrogens is 1. The number of carbonyl (C=O) groups excluding carboxylic acids is 1. The molecule has 90 valence electrons. The Morgan fingerprint density at radius 1 is 1.62 bits per heavy atom. The molecule has 1 unspecified atom stereocenters. The number of nitrogens with zero attached hydrogens (tertiary/aromatic N) is 1. The molecule has 3 nitrogen and oxygen atoms in total. The molecular weight excluding hydrogens is 261 g/mol. The molecule has 0 aliphatic rings. The highest BCUT2D eigenvalue weighted by Crippen LogP contribution is 2.31. The lowest BCUT2D eigenvalue weighted by atomic mass is 10.4. The summed E-state index contributed by atoms with van der Waals surface area (Å²) in [6.07, 6.45) is -2.72.